The van der Waals surface area contributed by atoms with Crippen molar-refractivity contribution in [1.29, 1.82) is 0 Å². The fourth-order valence-electron chi connectivity index (χ4n) is 1.96. The second-order valence-corrected chi connectivity index (χ2v) is 3.68. The normalized spacial score (nSPS) is 25.5. The van der Waals surface area contributed by atoms with Gasteiger partial charge in [-0.2, -0.15) is 0 Å². The van der Waals surface area contributed by atoms with Gasteiger partial charge in [0.2, 0.25) is 0 Å². The van der Waals surface area contributed by atoms with Gasteiger partial charge in [0.25, 0.3) is 0 Å². The van der Waals surface area contributed by atoms with Crippen molar-refractivity contribution in [3.63, 3.8) is 0 Å². The first kappa shape index (κ1) is 10.7. The first-order valence-corrected chi connectivity index (χ1v) is 5.17. The highest BCUT2D eigenvalue weighted by Crippen LogP contribution is 2.16. The van der Waals surface area contributed by atoms with Crippen molar-refractivity contribution >= 4 is 6.29 Å². The van der Waals surface area contributed by atoms with Gasteiger partial charge in [0, 0.05) is 19.0 Å². The Hall–Kier alpha value is -0.410. The first-order chi connectivity index (χ1) is 6.38. The van der Waals surface area contributed by atoms with E-state index in [2.05, 4.69) is 4.90 Å². The van der Waals surface area contributed by atoms with Crippen molar-refractivity contribution in [1.82, 2.24) is 4.90 Å². The van der Waals surface area contributed by atoms with Crippen molar-refractivity contribution < 1.29 is 9.90 Å². The van der Waals surface area contributed by atoms with Crippen LogP contribution in [-0.2, 0) is 4.79 Å². The number of carbonyl (C=O) groups is 1. The summed E-state index contributed by atoms with van der Waals surface area (Å²) in [5.41, 5.74) is 0. The Kier molecular flexibility index (Phi) is 5.01. The summed E-state index contributed by atoms with van der Waals surface area (Å²) in [6.07, 6.45) is 6.30. The Morgan fingerprint density at radius 2 is 2.23 bits per heavy atom. The van der Waals surface area contributed by atoms with Gasteiger partial charge in [-0.1, -0.05) is 12.8 Å². The molecule has 0 radical (unpaired) electrons. The Morgan fingerprint density at radius 1 is 1.38 bits per heavy atom. The molecule has 1 saturated heterocycles. The van der Waals surface area contributed by atoms with Gasteiger partial charge in [0.15, 0.2) is 0 Å². The molecule has 1 unspecified atom stereocenters. The van der Waals surface area contributed by atoms with E-state index in [1.54, 1.807) is 0 Å². The zero-order valence-corrected chi connectivity index (χ0v) is 8.11. The van der Waals surface area contributed by atoms with E-state index in [1.807, 2.05) is 0 Å². The van der Waals surface area contributed by atoms with E-state index in [0.717, 1.165) is 25.8 Å². The van der Waals surface area contributed by atoms with E-state index in [1.165, 1.54) is 19.3 Å². The second-order valence-electron chi connectivity index (χ2n) is 3.68. The summed E-state index contributed by atoms with van der Waals surface area (Å²) in [5.74, 6) is 0. The van der Waals surface area contributed by atoms with Crippen LogP contribution in [0.3, 0.4) is 0 Å². The SMILES string of the molecule is O=CCCN1CCCCCC1CO. The number of nitrogens with zero attached hydrogens (tertiary/aromatic N) is 1. The molecule has 1 rings (SSSR count). The number of likely N-dealkylation sites (tertiary alicyclic amines) is 1. The predicted molar refractivity (Wildman–Crippen MR) is 51.6 cm³/mol. The molecule has 0 amide bonds. The minimum Gasteiger partial charge on any atom is -0.395 e. The molecule has 1 heterocycles. The van der Waals surface area contributed by atoms with Crippen LogP contribution in [0.15, 0.2) is 0 Å². The fourth-order valence-corrected chi connectivity index (χ4v) is 1.96. The lowest BCUT2D eigenvalue weighted by Gasteiger charge is -2.27. The fraction of sp³-hybridized carbons (Fsp3) is 0.900. The average molecular weight is 185 g/mol. The molecule has 76 valence electrons. The summed E-state index contributed by atoms with van der Waals surface area (Å²) >= 11 is 0. The van der Waals surface area contributed by atoms with Gasteiger partial charge in [-0.15, -0.1) is 0 Å². The maximum absolute atomic E-state index is 10.2. The number of aliphatic hydroxyl groups is 1. The third-order valence-corrected chi connectivity index (χ3v) is 2.74. The zero-order chi connectivity index (χ0) is 9.52. The Balaban J connectivity index is 2.38. The van der Waals surface area contributed by atoms with Crippen LogP contribution in [0.1, 0.15) is 32.1 Å². The van der Waals surface area contributed by atoms with Crippen LogP contribution in [0.5, 0.6) is 0 Å². The molecular formula is C10H19NO2. The van der Waals surface area contributed by atoms with Crippen molar-refractivity contribution in [3.8, 4) is 0 Å². The van der Waals surface area contributed by atoms with Crippen LogP contribution >= 0.6 is 0 Å². The molecule has 0 aromatic heterocycles. The predicted octanol–water partition coefficient (Wildman–Crippen LogP) is 0.812. The van der Waals surface area contributed by atoms with Gasteiger partial charge < -0.3 is 9.90 Å². The number of rotatable bonds is 4. The monoisotopic (exact) mass is 185 g/mol. The number of carbonyl (C=O) groups excluding carboxylic acids is 1. The zero-order valence-electron chi connectivity index (χ0n) is 8.11. The topological polar surface area (TPSA) is 40.5 Å². The van der Waals surface area contributed by atoms with Crippen LogP contribution in [0.2, 0.25) is 0 Å². The third kappa shape index (κ3) is 3.44. The van der Waals surface area contributed by atoms with Crippen molar-refractivity contribution in [2.45, 2.75) is 38.1 Å². The molecule has 0 bridgehead atoms. The maximum atomic E-state index is 10.2. The van der Waals surface area contributed by atoms with E-state index in [0.29, 0.717) is 12.5 Å². The van der Waals surface area contributed by atoms with Crippen LogP contribution in [0, 0.1) is 0 Å². The Morgan fingerprint density at radius 3 is 2.92 bits per heavy atom. The molecule has 0 spiro atoms. The molecule has 1 atom stereocenters. The summed E-state index contributed by atoms with van der Waals surface area (Å²) in [5, 5.41) is 9.16. The number of hydrogen-bond donors (Lipinski definition) is 1. The van der Waals surface area contributed by atoms with Crippen LogP contribution in [-0.4, -0.2) is 42.0 Å². The van der Waals surface area contributed by atoms with E-state index >= 15 is 0 Å². The molecule has 0 aromatic carbocycles. The summed E-state index contributed by atoms with van der Waals surface area (Å²) in [6, 6.07) is 0.294. The number of aldehydes is 1. The van der Waals surface area contributed by atoms with E-state index in [4.69, 9.17) is 5.11 Å². The molecule has 13 heavy (non-hydrogen) atoms. The van der Waals surface area contributed by atoms with E-state index < -0.39 is 0 Å². The van der Waals surface area contributed by atoms with Gasteiger partial charge in [-0.25, -0.2) is 0 Å². The number of aliphatic hydroxyl groups excluding tert-OH is 1. The lowest BCUT2D eigenvalue weighted by Crippen LogP contribution is -2.38. The van der Waals surface area contributed by atoms with E-state index in [9.17, 15) is 4.79 Å². The quantitative estimate of drug-likeness (QED) is 0.659. The van der Waals surface area contributed by atoms with Crippen molar-refractivity contribution in [2.24, 2.45) is 0 Å². The van der Waals surface area contributed by atoms with Gasteiger partial charge in [-0.05, 0) is 19.4 Å². The minimum atomic E-state index is 0.235. The van der Waals surface area contributed by atoms with Gasteiger partial charge in [-0.3, -0.25) is 4.90 Å². The average Bonchev–Trinajstić information content (AvgIpc) is 2.39. The largest absolute Gasteiger partial charge is 0.395 e. The summed E-state index contributed by atoms with van der Waals surface area (Å²) < 4.78 is 0. The van der Waals surface area contributed by atoms with Crippen molar-refractivity contribution in [2.75, 3.05) is 19.7 Å². The molecule has 3 nitrogen and oxygen atoms in total. The highest BCUT2D eigenvalue weighted by Gasteiger charge is 2.19. The molecule has 0 aliphatic carbocycles. The van der Waals surface area contributed by atoms with E-state index in [-0.39, 0.29) is 6.61 Å². The minimum absolute atomic E-state index is 0.235. The molecule has 1 aliphatic rings. The van der Waals surface area contributed by atoms with Gasteiger partial charge >= 0.3 is 0 Å². The first-order valence-electron chi connectivity index (χ1n) is 5.17. The lowest BCUT2D eigenvalue weighted by atomic mass is 10.1. The van der Waals surface area contributed by atoms with Gasteiger partial charge in [0.05, 0.1) is 6.61 Å². The molecule has 1 aliphatic heterocycles. The summed E-state index contributed by atoms with van der Waals surface area (Å²) in [7, 11) is 0. The highest BCUT2D eigenvalue weighted by molar-refractivity contribution is 5.49. The highest BCUT2D eigenvalue weighted by atomic mass is 16.3. The Bertz CT molecular complexity index is 150. The summed E-state index contributed by atoms with van der Waals surface area (Å²) in [6.45, 7) is 2.09. The maximum Gasteiger partial charge on any atom is 0.121 e. The van der Waals surface area contributed by atoms with Crippen LogP contribution in [0.25, 0.3) is 0 Å². The molecule has 0 aromatic rings. The Labute approximate surface area is 79.7 Å². The number of hydrogen-bond acceptors (Lipinski definition) is 3. The third-order valence-electron chi connectivity index (χ3n) is 2.74. The standard InChI is InChI=1S/C10H19NO2/c12-8-4-7-11-6-3-1-2-5-10(11)9-13/h8,10,13H,1-7,9H2. The molecular weight excluding hydrogens is 166 g/mol. The molecule has 0 saturated carbocycles. The van der Waals surface area contributed by atoms with Gasteiger partial charge in [0.1, 0.15) is 6.29 Å². The van der Waals surface area contributed by atoms with Crippen LogP contribution in [0.4, 0.5) is 0 Å². The smallest absolute Gasteiger partial charge is 0.121 e. The lowest BCUT2D eigenvalue weighted by molar-refractivity contribution is -0.108. The summed E-state index contributed by atoms with van der Waals surface area (Å²) in [4.78, 5) is 12.5. The molecule has 1 fully saturated rings. The molecule has 3 heteroatoms. The van der Waals surface area contributed by atoms with Crippen molar-refractivity contribution in [3.05, 3.63) is 0 Å². The van der Waals surface area contributed by atoms with Crippen LogP contribution < -0.4 is 0 Å². The molecule has 1 N–H and O–H groups in total. The second kappa shape index (κ2) is 6.11.